The van der Waals surface area contributed by atoms with Crippen LogP contribution in [0.15, 0.2) is 24.8 Å². The van der Waals surface area contributed by atoms with Crippen molar-refractivity contribution in [2.45, 2.75) is 27.7 Å². The first-order valence-electron chi connectivity index (χ1n) is 8.36. The molecule has 0 aliphatic carbocycles. The van der Waals surface area contributed by atoms with E-state index in [1.807, 2.05) is 27.7 Å². The molecule has 0 aliphatic heterocycles. The third-order valence-corrected chi connectivity index (χ3v) is 3.11. The number of carbonyl (C=O) groups is 1. The maximum absolute atomic E-state index is 13.9. The minimum Gasteiger partial charge on any atom is -0.507 e. The van der Waals surface area contributed by atoms with Gasteiger partial charge in [0.05, 0.1) is 5.56 Å². The molecule has 0 saturated carbocycles. The molecule has 2 rings (SSSR count). The van der Waals surface area contributed by atoms with Crippen LogP contribution < -0.4 is 4.74 Å². The van der Waals surface area contributed by atoms with Crippen LogP contribution in [0.1, 0.15) is 38.8 Å². The van der Waals surface area contributed by atoms with Crippen molar-refractivity contribution in [3.05, 3.63) is 41.7 Å². The lowest BCUT2D eigenvalue weighted by molar-refractivity contribution is 0.172. The van der Waals surface area contributed by atoms with Gasteiger partial charge >= 0.3 is 6.09 Å². The van der Waals surface area contributed by atoms with E-state index in [0.29, 0.717) is 10.9 Å². The predicted octanol–water partition coefficient (Wildman–Crippen LogP) is 5.42. The van der Waals surface area contributed by atoms with Crippen LogP contribution in [0.25, 0.3) is 16.8 Å². The highest BCUT2D eigenvalue weighted by molar-refractivity contribution is 6.00. The molecular weight excluding hydrogens is 333 g/mol. The zero-order valence-corrected chi connectivity index (χ0v) is 16.2. The zero-order valence-electron chi connectivity index (χ0n) is 16.2. The Morgan fingerprint density at radius 1 is 1.27 bits per heavy atom. The topological polar surface area (TPSA) is 49.8 Å². The van der Waals surface area contributed by atoms with Gasteiger partial charge in [0, 0.05) is 30.9 Å². The number of aromatic hydroxyl groups is 1. The summed E-state index contributed by atoms with van der Waals surface area (Å²) in [5.74, 6) is 1.47. The van der Waals surface area contributed by atoms with E-state index < -0.39 is 11.9 Å². The number of nitrogens with zero attached hydrogens (tertiary/aromatic N) is 1. The maximum Gasteiger partial charge on any atom is 0.414 e. The number of phenolic OH excluding ortho intramolecular Hbond substituents is 1. The van der Waals surface area contributed by atoms with Gasteiger partial charge in [0.25, 0.3) is 0 Å². The number of carbonyl (C=O) groups excluding carboxylic acids is 1. The Bertz CT molecular complexity index is 820. The summed E-state index contributed by atoms with van der Waals surface area (Å²) in [6.45, 7) is 11.6. The number of rotatable bonds is 2. The third kappa shape index (κ3) is 5.00. The standard InChI is InChI=1S/C17H14FNO3.2C2H6/c1-5-10-7-11(22-17(21)19(3)4)8-13-15(20)9-14(18)12(6-2)16(10)13;2*1-2/h2,5,7-9,20H,1H2,3-4H3;2*1-2H3. The fourth-order valence-electron chi connectivity index (χ4n) is 2.06. The maximum atomic E-state index is 13.9. The highest BCUT2D eigenvalue weighted by atomic mass is 19.1. The van der Waals surface area contributed by atoms with Crippen molar-refractivity contribution in [1.29, 1.82) is 0 Å². The van der Waals surface area contributed by atoms with Gasteiger partial charge in [0.1, 0.15) is 17.3 Å². The fraction of sp³-hybridized carbons (Fsp3) is 0.286. The summed E-state index contributed by atoms with van der Waals surface area (Å²) < 4.78 is 19.1. The fourth-order valence-corrected chi connectivity index (χ4v) is 2.06. The number of amides is 1. The quantitative estimate of drug-likeness (QED) is 0.728. The van der Waals surface area contributed by atoms with E-state index in [2.05, 4.69) is 12.5 Å². The number of fused-ring (bicyclic) bond motifs is 1. The van der Waals surface area contributed by atoms with Crippen molar-refractivity contribution >= 4 is 22.9 Å². The van der Waals surface area contributed by atoms with Crippen LogP contribution >= 0.6 is 0 Å². The van der Waals surface area contributed by atoms with Crippen LogP contribution in [0.5, 0.6) is 11.5 Å². The van der Waals surface area contributed by atoms with E-state index in [0.717, 1.165) is 6.07 Å². The lowest BCUT2D eigenvalue weighted by Gasteiger charge is -2.14. The molecule has 2 aromatic carbocycles. The molecule has 1 N–H and O–H groups in total. The molecule has 1 amide bonds. The van der Waals surface area contributed by atoms with Crippen molar-refractivity contribution in [2.75, 3.05) is 14.1 Å². The van der Waals surface area contributed by atoms with E-state index in [1.165, 1.54) is 23.1 Å². The van der Waals surface area contributed by atoms with Gasteiger partial charge in [-0.25, -0.2) is 9.18 Å². The Morgan fingerprint density at radius 3 is 2.31 bits per heavy atom. The average molecular weight is 359 g/mol. The SMILES string of the molecule is C#Cc1c(F)cc(O)c2cc(OC(=O)N(C)C)cc(C=C)c12.CC.CC. The Hall–Kier alpha value is -3.00. The molecule has 0 radical (unpaired) electrons. The monoisotopic (exact) mass is 359 g/mol. The van der Waals surface area contributed by atoms with Gasteiger partial charge in [-0.3, -0.25) is 0 Å². The second kappa shape index (κ2) is 10.8. The molecular formula is C21H26FNO3. The molecule has 0 bridgehead atoms. The first-order chi connectivity index (χ1) is 12.4. The number of phenols is 1. The zero-order chi connectivity index (χ0) is 20.4. The molecule has 4 nitrogen and oxygen atoms in total. The van der Waals surface area contributed by atoms with Crippen LogP contribution in [-0.4, -0.2) is 30.2 Å². The summed E-state index contributed by atoms with van der Waals surface area (Å²) in [5, 5.41) is 10.6. The number of hydrogen-bond donors (Lipinski definition) is 1. The molecule has 0 fully saturated rings. The number of terminal acetylenes is 1. The number of halogens is 1. The summed E-state index contributed by atoms with van der Waals surface area (Å²) in [6, 6.07) is 3.87. The second-order valence-electron chi connectivity index (χ2n) is 4.80. The van der Waals surface area contributed by atoms with Gasteiger partial charge in [-0.1, -0.05) is 46.3 Å². The molecule has 0 spiro atoms. The highest BCUT2D eigenvalue weighted by Gasteiger charge is 2.16. The molecule has 26 heavy (non-hydrogen) atoms. The molecule has 0 heterocycles. The summed E-state index contributed by atoms with van der Waals surface area (Å²) in [6.07, 6.45) is 6.23. The van der Waals surface area contributed by atoms with E-state index in [1.54, 1.807) is 14.1 Å². The van der Waals surface area contributed by atoms with Crippen LogP contribution in [0.2, 0.25) is 0 Å². The van der Waals surface area contributed by atoms with Gasteiger partial charge in [-0.15, -0.1) is 6.42 Å². The minimum absolute atomic E-state index is 0.0215. The van der Waals surface area contributed by atoms with Gasteiger partial charge in [-0.2, -0.15) is 0 Å². The van der Waals surface area contributed by atoms with Crippen molar-refractivity contribution in [3.8, 4) is 23.8 Å². The van der Waals surface area contributed by atoms with Crippen LogP contribution in [0.4, 0.5) is 9.18 Å². The predicted molar refractivity (Wildman–Crippen MR) is 106 cm³/mol. The lowest BCUT2D eigenvalue weighted by atomic mass is 9.97. The third-order valence-electron chi connectivity index (χ3n) is 3.11. The van der Waals surface area contributed by atoms with Gasteiger partial charge in [0.2, 0.25) is 0 Å². The van der Waals surface area contributed by atoms with Gasteiger partial charge in [0.15, 0.2) is 0 Å². The number of hydrogen-bond acceptors (Lipinski definition) is 3. The van der Waals surface area contributed by atoms with Crippen molar-refractivity contribution in [2.24, 2.45) is 0 Å². The molecule has 5 heteroatoms. The molecule has 0 atom stereocenters. The number of benzene rings is 2. The van der Waals surface area contributed by atoms with E-state index in [9.17, 15) is 14.3 Å². The molecule has 0 aliphatic rings. The van der Waals surface area contributed by atoms with Crippen LogP contribution in [-0.2, 0) is 0 Å². The second-order valence-corrected chi connectivity index (χ2v) is 4.80. The summed E-state index contributed by atoms with van der Waals surface area (Å²) in [5.41, 5.74) is 0.481. The summed E-state index contributed by atoms with van der Waals surface area (Å²) in [7, 11) is 3.09. The van der Waals surface area contributed by atoms with Crippen molar-refractivity contribution in [3.63, 3.8) is 0 Å². The van der Waals surface area contributed by atoms with E-state index >= 15 is 0 Å². The van der Waals surface area contributed by atoms with E-state index in [4.69, 9.17) is 11.2 Å². The van der Waals surface area contributed by atoms with Gasteiger partial charge < -0.3 is 14.7 Å². The number of ether oxygens (including phenoxy) is 1. The average Bonchev–Trinajstić information content (AvgIpc) is 2.65. The first kappa shape index (κ1) is 23.0. The molecule has 140 valence electrons. The smallest absolute Gasteiger partial charge is 0.414 e. The molecule has 0 unspecified atom stereocenters. The van der Waals surface area contributed by atoms with E-state index in [-0.39, 0.29) is 22.4 Å². The Balaban J connectivity index is 0.00000146. The Kier molecular flexibility index (Phi) is 9.54. The molecule has 2 aromatic rings. The van der Waals surface area contributed by atoms with Gasteiger partial charge in [-0.05, 0) is 17.7 Å². The van der Waals surface area contributed by atoms with Crippen molar-refractivity contribution in [1.82, 2.24) is 4.90 Å². The minimum atomic E-state index is -0.700. The normalized spacial score (nSPS) is 9.00. The molecule has 0 aromatic heterocycles. The summed E-state index contributed by atoms with van der Waals surface area (Å²) >= 11 is 0. The summed E-state index contributed by atoms with van der Waals surface area (Å²) in [4.78, 5) is 12.9. The lowest BCUT2D eigenvalue weighted by Crippen LogP contribution is -2.25. The van der Waals surface area contributed by atoms with Crippen LogP contribution in [0.3, 0.4) is 0 Å². The van der Waals surface area contributed by atoms with Crippen LogP contribution in [0, 0.1) is 18.2 Å². The highest BCUT2D eigenvalue weighted by Crippen LogP contribution is 2.36. The largest absolute Gasteiger partial charge is 0.507 e. The molecule has 0 saturated heterocycles. The van der Waals surface area contributed by atoms with Crippen molar-refractivity contribution < 1.29 is 19.0 Å². The Morgan fingerprint density at radius 2 is 1.85 bits per heavy atom. The Labute approximate surface area is 154 Å². The first-order valence-corrected chi connectivity index (χ1v) is 8.36.